The summed E-state index contributed by atoms with van der Waals surface area (Å²) in [5.74, 6) is -0.340. The Kier molecular flexibility index (Phi) is 4.99. The summed E-state index contributed by atoms with van der Waals surface area (Å²) in [7, 11) is 0. The van der Waals surface area contributed by atoms with E-state index in [1.807, 2.05) is 12.1 Å². The van der Waals surface area contributed by atoms with E-state index in [9.17, 15) is 4.39 Å². The minimum absolute atomic E-state index is 0.257. The lowest BCUT2D eigenvalue weighted by Gasteiger charge is -2.20. The number of benzene rings is 1. The van der Waals surface area contributed by atoms with E-state index in [1.165, 1.54) is 6.07 Å². The normalized spacial score (nSPS) is 10.7. The summed E-state index contributed by atoms with van der Waals surface area (Å²) in [5.41, 5.74) is 6.80. The van der Waals surface area contributed by atoms with Crippen LogP contribution in [0.1, 0.15) is 18.9 Å². The number of hydrogen-bond donors (Lipinski definition) is 1. The maximum Gasteiger partial charge on any atom is 0.146 e. The lowest BCUT2D eigenvalue weighted by molar-refractivity contribution is 0.295. The molecular weight excluding hydrogens is 203 g/mol. The van der Waals surface area contributed by atoms with Gasteiger partial charge in [-0.15, -0.1) is 6.58 Å². The molecule has 0 fully saturated rings. The summed E-state index contributed by atoms with van der Waals surface area (Å²) in [6.07, 6.45) is 2.91. The van der Waals surface area contributed by atoms with Gasteiger partial charge in [0.2, 0.25) is 0 Å². The first-order chi connectivity index (χ1) is 7.69. The molecule has 16 heavy (non-hydrogen) atoms. The largest absolute Gasteiger partial charge is 0.396 e. The summed E-state index contributed by atoms with van der Waals surface area (Å²) in [4.78, 5) is 2.19. The Hall–Kier alpha value is -1.35. The molecule has 0 saturated heterocycles. The first-order valence-corrected chi connectivity index (χ1v) is 5.55. The summed E-state index contributed by atoms with van der Waals surface area (Å²) >= 11 is 0. The SMILES string of the molecule is C=CCN(CCC)Cc1cccc(F)c1N. The van der Waals surface area contributed by atoms with Gasteiger partial charge in [-0.05, 0) is 24.6 Å². The minimum atomic E-state index is -0.340. The Morgan fingerprint density at radius 3 is 2.88 bits per heavy atom. The molecule has 1 rings (SSSR count). The second-order valence-corrected chi connectivity index (χ2v) is 3.84. The van der Waals surface area contributed by atoms with Gasteiger partial charge in [0.25, 0.3) is 0 Å². The van der Waals surface area contributed by atoms with Crippen LogP contribution >= 0.6 is 0 Å². The van der Waals surface area contributed by atoms with Gasteiger partial charge >= 0.3 is 0 Å². The molecule has 0 aliphatic heterocycles. The van der Waals surface area contributed by atoms with Crippen molar-refractivity contribution in [3.8, 4) is 0 Å². The summed E-state index contributed by atoms with van der Waals surface area (Å²) in [5, 5.41) is 0. The molecule has 3 heteroatoms. The van der Waals surface area contributed by atoms with Gasteiger partial charge in [0, 0.05) is 13.1 Å². The van der Waals surface area contributed by atoms with E-state index in [1.54, 1.807) is 6.07 Å². The maximum atomic E-state index is 13.2. The smallest absolute Gasteiger partial charge is 0.146 e. The first kappa shape index (κ1) is 12.7. The van der Waals surface area contributed by atoms with Crippen molar-refractivity contribution in [3.05, 3.63) is 42.2 Å². The van der Waals surface area contributed by atoms with Gasteiger partial charge in [-0.25, -0.2) is 4.39 Å². The van der Waals surface area contributed by atoms with Crippen LogP contribution in [0, 0.1) is 5.82 Å². The van der Waals surface area contributed by atoms with E-state index in [0.717, 1.165) is 25.1 Å². The summed E-state index contributed by atoms with van der Waals surface area (Å²) < 4.78 is 13.2. The Labute approximate surface area is 96.6 Å². The molecule has 88 valence electrons. The number of nitrogens with zero attached hydrogens (tertiary/aromatic N) is 1. The van der Waals surface area contributed by atoms with Crippen molar-refractivity contribution < 1.29 is 4.39 Å². The third-order valence-corrected chi connectivity index (χ3v) is 2.46. The molecule has 0 bridgehead atoms. The molecule has 0 aliphatic rings. The molecule has 0 amide bonds. The monoisotopic (exact) mass is 222 g/mol. The van der Waals surface area contributed by atoms with Gasteiger partial charge in [-0.1, -0.05) is 25.1 Å². The number of rotatable bonds is 6. The summed E-state index contributed by atoms with van der Waals surface area (Å²) in [6, 6.07) is 4.94. The Morgan fingerprint density at radius 1 is 1.50 bits per heavy atom. The van der Waals surface area contributed by atoms with Gasteiger partial charge in [0.1, 0.15) is 5.82 Å². The van der Waals surface area contributed by atoms with Crippen molar-refractivity contribution in [1.29, 1.82) is 0 Å². The quantitative estimate of drug-likeness (QED) is 0.592. The zero-order valence-electron chi connectivity index (χ0n) is 9.75. The van der Waals surface area contributed by atoms with Gasteiger partial charge in [-0.2, -0.15) is 0 Å². The van der Waals surface area contributed by atoms with Crippen LogP contribution in [0.15, 0.2) is 30.9 Å². The van der Waals surface area contributed by atoms with Gasteiger partial charge in [0.15, 0.2) is 0 Å². The van der Waals surface area contributed by atoms with Crippen LogP contribution in [0.4, 0.5) is 10.1 Å². The average Bonchev–Trinajstić information content (AvgIpc) is 2.25. The molecule has 0 aromatic heterocycles. The van der Waals surface area contributed by atoms with Crippen LogP contribution in [0.25, 0.3) is 0 Å². The number of nitrogen functional groups attached to an aromatic ring is 1. The van der Waals surface area contributed by atoms with Crippen LogP contribution in [-0.2, 0) is 6.54 Å². The van der Waals surface area contributed by atoms with E-state index in [-0.39, 0.29) is 11.5 Å². The van der Waals surface area contributed by atoms with Crippen molar-refractivity contribution in [2.24, 2.45) is 0 Å². The van der Waals surface area contributed by atoms with Crippen LogP contribution in [-0.4, -0.2) is 18.0 Å². The zero-order chi connectivity index (χ0) is 12.0. The maximum absolute atomic E-state index is 13.2. The molecule has 2 N–H and O–H groups in total. The Balaban J connectivity index is 2.76. The lowest BCUT2D eigenvalue weighted by Crippen LogP contribution is -2.24. The average molecular weight is 222 g/mol. The minimum Gasteiger partial charge on any atom is -0.396 e. The lowest BCUT2D eigenvalue weighted by atomic mass is 10.1. The molecule has 0 spiro atoms. The fourth-order valence-corrected chi connectivity index (χ4v) is 1.69. The van der Waals surface area contributed by atoms with E-state index < -0.39 is 0 Å². The molecule has 2 nitrogen and oxygen atoms in total. The standard InChI is InChI=1S/C13H19FN2/c1-3-8-16(9-4-2)10-11-6-5-7-12(14)13(11)15/h3,5-7H,1,4,8-10,15H2,2H3. The van der Waals surface area contributed by atoms with Crippen LogP contribution in [0.2, 0.25) is 0 Å². The molecule has 0 unspecified atom stereocenters. The number of halogens is 1. The van der Waals surface area contributed by atoms with Crippen LogP contribution in [0.5, 0.6) is 0 Å². The second kappa shape index (κ2) is 6.28. The van der Waals surface area contributed by atoms with E-state index >= 15 is 0 Å². The Morgan fingerprint density at radius 2 is 2.25 bits per heavy atom. The number of nitrogens with two attached hydrogens (primary N) is 1. The molecule has 0 atom stereocenters. The van der Waals surface area contributed by atoms with E-state index in [4.69, 9.17) is 5.73 Å². The number of hydrogen-bond acceptors (Lipinski definition) is 2. The third-order valence-electron chi connectivity index (χ3n) is 2.46. The van der Waals surface area contributed by atoms with E-state index in [0.29, 0.717) is 6.54 Å². The molecule has 0 saturated carbocycles. The van der Waals surface area contributed by atoms with Crippen LogP contribution < -0.4 is 5.73 Å². The highest BCUT2D eigenvalue weighted by Gasteiger charge is 2.08. The van der Waals surface area contributed by atoms with Gasteiger partial charge in [0.05, 0.1) is 5.69 Å². The van der Waals surface area contributed by atoms with Crippen molar-refractivity contribution in [2.45, 2.75) is 19.9 Å². The predicted molar refractivity (Wildman–Crippen MR) is 66.6 cm³/mol. The molecular formula is C13H19FN2. The molecule has 1 aromatic rings. The van der Waals surface area contributed by atoms with Gasteiger partial charge in [-0.3, -0.25) is 4.90 Å². The predicted octanol–water partition coefficient (Wildman–Crippen LogP) is 2.81. The molecule has 0 radical (unpaired) electrons. The first-order valence-electron chi connectivity index (χ1n) is 5.55. The topological polar surface area (TPSA) is 29.3 Å². The highest BCUT2D eigenvalue weighted by molar-refractivity contribution is 5.47. The molecule has 0 aliphatic carbocycles. The van der Waals surface area contributed by atoms with E-state index in [2.05, 4.69) is 18.4 Å². The van der Waals surface area contributed by atoms with Crippen molar-refractivity contribution in [1.82, 2.24) is 4.90 Å². The Bertz CT molecular complexity index is 350. The third kappa shape index (κ3) is 3.35. The van der Waals surface area contributed by atoms with Crippen molar-refractivity contribution >= 4 is 5.69 Å². The van der Waals surface area contributed by atoms with Crippen molar-refractivity contribution in [2.75, 3.05) is 18.8 Å². The fourth-order valence-electron chi connectivity index (χ4n) is 1.69. The molecule has 1 aromatic carbocycles. The summed E-state index contributed by atoms with van der Waals surface area (Å²) in [6.45, 7) is 8.26. The second-order valence-electron chi connectivity index (χ2n) is 3.84. The highest BCUT2D eigenvalue weighted by atomic mass is 19.1. The zero-order valence-corrected chi connectivity index (χ0v) is 9.75. The van der Waals surface area contributed by atoms with Gasteiger partial charge < -0.3 is 5.73 Å². The van der Waals surface area contributed by atoms with Crippen LogP contribution in [0.3, 0.4) is 0 Å². The fraction of sp³-hybridized carbons (Fsp3) is 0.385. The highest BCUT2D eigenvalue weighted by Crippen LogP contribution is 2.17. The molecule has 0 heterocycles. The number of para-hydroxylation sites is 1. The number of anilines is 1. The van der Waals surface area contributed by atoms with Crippen molar-refractivity contribution in [3.63, 3.8) is 0 Å².